The molecule has 0 saturated heterocycles. The van der Waals surface area contributed by atoms with Crippen molar-refractivity contribution in [1.29, 1.82) is 0 Å². The van der Waals surface area contributed by atoms with Gasteiger partial charge in [0.2, 0.25) is 5.91 Å². The lowest BCUT2D eigenvalue weighted by molar-refractivity contribution is -0.122. The Morgan fingerprint density at radius 2 is 1.92 bits per heavy atom. The quantitative estimate of drug-likeness (QED) is 0.672. The first-order valence-electron chi connectivity index (χ1n) is 8.36. The number of thiazole rings is 1. The Morgan fingerprint density at radius 3 is 2.62 bits per heavy atom. The number of hydrogen-bond donors (Lipinski definition) is 2. The largest absolute Gasteiger partial charge is 0.352 e. The molecule has 26 heavy (non-hydrogen) atoms. The number of nitrogens with one attached hydrogen (secondary N) is 2. The van der Waals surface area contributed by atoms with E-state index in [1.165, 1.54) is 11.3 Å². The second kappa shape index (κ2) is 7.39. The van der Waals surface area contributed by atoms with Crippen molar-refractivity contribution in [3.63, 3.8) is 0 Å². The molecule has 2 heterocycles. The van der Waals surface area contributed by atoms with Gasteiger partial charge < -0.3 is 5.32 Å². The highest BCUT2D eigenvalue weighted by Gasteiger charge is 2.29. The van der Waals surface area contributed by atoms with Gasteiger partial charge in [0, 0.05) is 23.4 Å². The summed E-state index contributed by atoms with van der Waals surface area (Å²) < 4.78 is 0. The summed E-state index contributed by atoms with van der Waals surface area (Å²) in [6.07, 6.45) is 1.99. The van der Waals surface area contributed by atoms with E-state index in [9.17, 15) is 9.59 Å². The van der Waals surface area contributed by atoms with E-state index in [0.717, 1.165) is 29.0 Å². The zero-order chi connectivity index (χ0) is 17.9. The molecule has 1 aromatic carbocycles. The molecule has 0 radical (unpaired) electrons. The molecule has 132 valence electrons. The zero-order valence-electron chi connectivity index (χ0n) is 13.9. The van der Waals surface area contributed by atoms with Crippen LogP contribution >= 0.6 is 22.7 Å². The fraction of sp³-hybridized carbons (Fsp3) is 0.211. The molecular weight excluding hydrogens is 366 g/mol. The average Bonchev–Trinajstić information content (AvgIpc) is 3.16. The van der Waals surface area contributed by atoms with Crippen LogP contribution in [-0.2, 0) is 11.3 Å². The third kappa shape index (κ3) is 4.00. The number of hydrogen-bond acceptors (Lipinski definition) is 5. The van der Waals surface area contributed by atoms with E-state index in [2.05, 4.69) is 15.6 Å². The summed E-state index contributed by atoms with van der Waals surface area (Å²) in [7, 11) is 0. The van der Waals surface area contributed by atoms with Crippen LogP contribution in [0.2, 0.25) is 0 Å². The third-order valence-electron chi connectivity index (χ3n) is 4.13. The van der Waals surface area contributed by atoms with Gasteiger partial charge in [0.15, 0.2) is 5.13 Å². The summed E-state index contributed by atoms with van der Waals surface area (Å²) >= 11 is 3.03. The minimum Gasteiger partial charge on any atom is -0.352 e. The Labute approximate surface area is 159 Å². The van der Waals surface area contributed by atoms with E-state index in [0.29, 0.717) is 17.2 Å². The first kappa shape index (κ1) is 16.9. The molecular formula is C19H17N3O2S2. The standard InChI is InChI=1S/C19H17N3O2S2/c23-17(13-7-8-13)20-10-12-3-5-14(6-4-12)18(24)22-19-21-15(11-26-19)16-2-1-9-25-16/h1-6,9,11,13H,7-8,10H2,(H,20,23)(H,21,22,24). The third-order valence-corrected chi connectivity index (χ3v) is 5.78. The van der Waals surface area contributed by atoms with Crippen molar-refractivity contribution in [3.8, 4) is 10.6 Å². The second-order valence-corrected chi connectivity index (χ2v) is 7.96. The van der Waals surface area contributed by atoms with Gasteiger partial charge in [-0.1, -0.05) is 18.2 Å². The summed E-state index contributed by atoms with van der Waals surface area (Å²) in [4.78, 5) is 29.6. The molecule has 0 bridgehead atoms. The van der Waals surface area contributed by atoms with Gasteiger partial charge in [0.1, 0.15) is 0 Å². The summed E-state index contributed by atoms with van der Waals surface area (Å²) in [6.45, 7) is 0.494. The van der Waals surface area contributed by atoms with Crippen LogP contribution in [0.1, 0.15) is 28.8 Å². The Balaban J connectivity index is 1.35. The van der Waals surface area contributed by atoms with Crippen LogP contribution in [0.15, 0.2) is 47.2 Å². The summed E-state index contributed by atoms with van der Waals surface area (Å²) in [5.41, 5.74) is 2.42. The number of anilines is 1. The predicted molar refractivity (Wildman–Crippen MR) is 104 cm³/mol. The van der Waals surface area contributed by atoms with Gasteiger partial charge in [-0.25, -0.2) is 4.98 Å². The fourth-order valence-corrected chi connectivity index (χ4v) is 3.96. The average molecular weight is 383 g/mol. The van der Waals surface area contributed by atoms with Crippen molar-refractivity contribution < 1.29 is 9.59 Å². The second-order valence-electron chi connectivity index (χ2n) is 6.16. The molecule has 7 heteroatoms. The molecule has 1 aliphatic rings. The predicted octanol–water partition coefficient (Wildman–Crippen LogP) is 4.15. The zero-order valence-corrected chi connectivity index (χ0v) is 15.5. The minimum atomic E-state index is -0.189. The van der Waals surface area contributed by atoms with Crippen molar-refractivity contribution in [1.82, 2.24) is 10.3 Å². The monoisotopic (exact) mass is 383 g/mol. The highest BCUT2D eigenvalue weighted by Crippen LogP contribution is 2.29. The first-order valence-corrected chi connectivity index (χ1v) is 10.1. The lowest BCUT2D eigenvalue weighted by Gasteiger charge is -2.06. The molecule has 2 aromatic heterocycles. The Hall–Kier alpha value is -2.51. The summed E-state index contributed by atoms with van der Waals surface area (Å²) in [5.74, 6) is 0.139. The molecule has 1 saturated carbocycles. The lowest BCUT2D eigenvalue weighted by atomic mass is 10.1. The summed E-state index contributed by atoms with van der Waals surface area (Å²) in [6, 6.07) is 11.2. The molecule has 0 spiro atoms. The van der Waals surface area contributed by atoms with Gasteiger partial charge >= 0.3 is 0 Å². The van der Waals surface area contributed by atoms with Gasteiger partial charge in [-0.3, -0.25) is 14.9 Å². The molecule has 1 fully saturated rings. The maximum Gasteiger partial charge on any atom is 0.257 e. The Kier molecular flexibility index (Phi) is 4.81. The number of thiophene rings is 1. The molecule has 3 aromatic rings. The highest BCUT2D eigenvalue weighted by molar-refractivity contribution is 7.16. The maximum absolute atomic E-state index is 12.4. The van der Waals surface area contributed by atoms with Crippen LogP contribution in [0, 0.1) is 5.92 Å². The van der Waals surface area contributed by atoms with E-state index in [1.54, 1.807) is 23.5 Å². The van der Waals surface area contributed by atoms with Crippen LogP contribution in [0.25, 0.3) is 10.6 Å². The first-order chi connectivity index (χ1) is 12.7. The molecule has 5 nitrogen and oxygen atoms in total. The number of benzene rings is 1. The van der Waals surface area contributed by atoms with E-state index in [4.69, 9.17) is 0 Å². The smallest absolute Gasteiger partial charge is 0.257 e. The molecule has 4 rings (SSSR count). The van der Waals surface area contributed by atoms with Gasteiger partial charge in [0.25, 0.3) is 5.91 Å². The minimum absolute atomic E-state index is 0.122. The molecule has 0 atom stereocenters. The fourth-order valence-electron chi connectivity index (χ4n) is 2.49. The van der Waals surface area contributed by atoms with Crippen molar-refractivity contribution in [2.75, 3.05) is 5.32 Å². The van der Waals surface area contributed by atoms with E-state index < -0.39 is 0 Å². The van der Waals surface area contributed by atoms with Crippen LogP contribution in [0.3, 0.4) is 0 Å². The number of carbonyl (C=O) groups is 2. The topological polar surface area (TPSA) is 71.1 Å². The van der Waals surface area contributed by atoms with E-state index >= 15 is 0 Å². The Bertz CT molecular complexity index is 913. The highest BCUT2D eigenvalue weighted by atomic mass is 32.1. The van der Waals surface area contributed by atoms with Crippen LogP contribution in [0.4, 0.5) is 5.13 Å². The number of amides is 2. The summed E-state index contributed by atoms with van der Waals surface area (Å²) in [5, 5.41) is 10.3. The normalized spacial score (nSPS) is 13.4. The lowest BCUT2D eigenvalue weighted by Crippen LogP contribution is -2.24. The van der Waals surface area contributed by atoms with Crippen LogP contribution < -0.4 is 10.6 Å². The molecule has 2 amide bonds. The number of carbonyl (C=O) groups excluding carboxylic acids is 2. The van der Waals surface area contributed by atoms with E-state index in [-0.39, 0.29) is 17.7 Å². The molecule has 0 aliphatic heterocycles. The van der Waals surface area contributed by atoms with Gasteiger partial charge in [-0.05, 0) is 42.0 Å². The molecule has 2 N–H and O–H groups in total. The number of aromatic nitrogens is 1. The van der Waals surface area contributed by atoms with Gasteiger partial charge in [-0.15, -0.1) is 22.7 Å². The van der Waals surface area contributed by atoms with Crippen molar-refractivity contribution >= 4 is 39.6 Å². The van der Waals surface area contributed by atoms with E-state index in [1.807, 2.05) is 35.0 Å². The Morgan fingerprint density at radius 1 is 1.12 bits per heavy atom. The van der Waals surface area contributed by atoms with Crippen molar-refractivity contribution in [2.24, 2.45) is 5.92 Å². The van der Waals surface area contributed by atoms with Crippen molar-refractivity contribution in [3.05, 3.63) is 58.3 Å². The number of nitrogens with zero attached hydrogens (tertiary/aromatic N) is 1. The van der Waals surface area contributed by atoms with Gasteiger partial charge in [-0.2, -0.15) is 0 Å². The molecule has 1 aliphatic carbocycles. The van der Waals surface area contributed by atoms with Crippen LogP contribution in [-0.4, -0.2) is 16.8 Å². The van der Waals surface area contributed by atoms with Crippen molar-refractivity contribution in [2.45, 2.75) is 19.4 Å². The van der Waals surface area contributed by atoms with Gasteiger partial charge in [0.05, 0.1) is 10.6 Å². The maximum atomic E-state index is 12.4. The SMILES string of the molecule is O=C(Nc1nc(-c2cccs2)cs1)c1ccc(CNC(=O)C2CC2)cc1. The van der Waals surface area contributed by atoms with Crippen LogP contribution in [0.5, 0.6) is 0 Å². The number of rotatable bonds is 6. The molecule has 0 unspecified atom stereocenters.